The molecule has 0 radical (unpaired) electrons. The number of esters is 1. The molecule has 5 unspecified atom stereocenters. The molecule has 5 nitrogen and oxygen atoms in total. The van der Waals surface area contributed by atoms with Gasteiger partial charge in [-0.15, -0.1) is 0 Å². The molecule has 5 atom stereocenters. The van der Waals surface area contributed by atoms with E-state index in [2.05, 4.69) is 42.0 Å². The summed E-state index contributed by atoms with van der Waals surface area (Å²) in [5.41, 5.74) is 3.71. The van der Waals surface area contributed by atoms with E-state index in [9.17, 15) is 4.79 Å². The van der Waals surface area contributed by atoms with E-state index in [0.29, 0.717) is 12.1 Å². The summed E-state index contributed by atoms with van der Waals surface area (Å²) < 4.78 is 11.0. The SMILES string of the molecule is CC=C1CN2CCC34c5cc(OC)ccc5N(C)C3C2CC1C4C(=O)OC. The molecule has 0 amide bonds. The number of hydrogen-bond donors (Lipinski definition) is 0. The predicted octanol–water partition coefficient (Wildman–Crippen LogP) is 2.59. The molecule has 4 aliphatic rings. The van der Waals surface area contributed by atoms with Crippen LogP contribution in [0.1, 0.15) is 25.3 Å². The Morgan fingerprint density at radius 3 is 2.85 bits per heavy atom. The van der Waals surface area contributed by atoms with Gasteiger partial charge >= 0.3 is 5.97 Å². The smallest absolute Gasteiger partial charge is 0.310 e. The predicted molar refractivity (Wildman–Crippen MR) is 104 cm³/mol. The van der Waals surface area contributed by atoms with Gasteiger partial charge in [-0.1, -0.05) is 11.6 Å². The second-order valence-corrected chi connectivity index (χ2v) is 8.47. The molecule has 0 spiro atoms. The number of carbonyl (C=O) groups is 1. The fraction of sp³-hybridized carbons (Fsp3) is 0.591. The van der Waals surface area contributed by atoms with Crippen molar-refractivity contribution < 1.29 is 14.3 Å². The molecule has 144 valence electrons. The van der Waals surface area contributed by atoms with Crippen molar-refractivity contribution in [2.45, 2.75) is 37.3 Å². The van der Waals surface area contributed by atoms with Crippen LogP contribution in [-0.4, -0.2) is 57.3 Å². The fourth-order valence-corrected chi connectivity index (χ4v) is 6.82. The second-order valence-electron chi connectivity index (χ2n) is 8.47. The van der Waals surface area contributed by atoms with Gasteiger partial charge < -0.3 is 14.4 Å². The van der Waals surface area contributed by atoms with E-state index < -0.39 is 0 Å². The van der Waals surface area contributed by atoms with Gasteiger partial charge in [-0.3, -0.25) is 9.69 Å². The van der Waals surface area contributed by atoms with Crippen molar-refractivity contribution in [1.82, 2.24) is 4.90 Å². The lowest BCUT2D eigenvalue weighted by molar-refractivity contribution is -0.158. The molecular formula is C22H28N2O3. The number of piperidine rings is 2. The average molecular weight is 368 g/mol. The van der Waals surface area contributed by atoms with Crippen LogP contribution in [0.15, 0.2) is 29.8 Å². The quantitative estimate of drug-likeness (QED) is 0.593. The number of nitrogens with zero attached hydrogens (tertiary/aromatic N) is 2. The summed E-state index contributed by atoms with van der Waals surface area (Å²) in [6.45, 7) is 4.13. The minimum absolute atomic E-state index is 0.0535. The Bertz CT molecular complexity index is 835. The first kappa shape index (κ1) is 17.1. The van der Waals surface area contributed by atoms with Crippen molar-refractivity contribution in [1.29, 1.82) is 0 Å². The summed E-state index contributed by atoms with van der Waals surface area (Å²) in [4.78, 5) is 18.3. The van der Waals surface area contributed by atoms with Crippen LogP contribution < -0.4 is 9.64 Å². The van der Waals surface area contributed by atoms with Crippen LogP contribution >= 0.6 is 0 Å². The summed E-state index contributed by atoms with van der Waals surface area (Å²) in [5.74, 6) is 0.950. The highest BCUT2D eigenvalue weighted by atomic mass is 16.5. The van der Waals surface area contributed by atoms with E-state index in [1.54, 1.807) is 14.2 Å². The van der Waals surface area contributed by atoms with Crippen molar-refractivity contribution in [3.63, 3.8) is 0 Å². The van der Waals surface area contributed by atoms with Crippen molar-refractivity contribution >= 4 is 11.7 Å². The fourth-order valence-electron chi connectivity index (χ4n) is 6.82. The summed E-state index contributed by atoms with van der Waals surface area (Å²) in [5, 5.41) is 0. The third kappa shape index (κ3) is 1.96. The van der Waals surface area contributed by atoms with E-state index in [-0.39, 0.29) is 23.2 Å². The third-order valence-electron chi connectivity index (χ3n) is 7.82. The standard InChI is InChI=1S/C22H28N2O3/c1-5-13-12-24-9-8-22-16-10-14(26-3)6-7-17(16)23(2)20(22)18(24)11-15(13)19(22)21(25)27-4/h5-7,10,15,18-20H,8-9,11-12H2,1-4H3. The van der Waals surface area contributed by atoms with E-state index >= 15 is 0 Å². The maximum absolute atomic E-state index is 13.2. The van der Waals surface area contributed by atoms with Crippen molar-refractivity contribution in [2.24, 2.45) is 11.8 Å². The molecule has 5 heteroatoms. The van der Waals surface area contributed by atoms with E-state index in [0.717, 1.165) is 31.7 Å². The normalized spacial score (nSPS) is 37.9. The molecule has 3 aliphatic heterocycles. The molecular weight excluding hydrogens is 340 g/mol. The van der Waals surface area contributed by atoms with Crippen LogP contribution in [0.3, 0.4) is 0 Å². The van der Waals surface area contributed by atoms with Crippen molar-refractivity contribution in [3.8, 4) is 5.75 Å². The molecule has 3 fully saturated rings. The van der Waals surface area contributed by atoms with Crippen LogP contribution in [0.5, 0.6) is 5.75 Å². The third-order valence-corrected chi connectivity index (χ3v) is 7.82. The monoisotopic (exact) mass is 368 g/mol. The summed E-state index contributed by atoms with van der Waals surface area (Å²) >= 11 is 0. The molecule has 27 heavy (non-hydrogen) atoms. The van der Waals surface area contributed by atoms with Crippen molar-refractivity contribution in [2.75, 3.05) is 39.3 Å². The number of allylic oxidation sites excluding steroid dienone is 1. The van der Waals surface area contributed by atoms with Gasteiger partial charge in [0.25, 0.3) is 0 Å². The molecule has 0 aromatic heterocycles. The van der Waals surface area contributed by atoms with E-state index in [1.165, 1.54) is 16.8 Å². The number of rotatable bonds is 2. The Labute approximate surface area is 160 Å². The zero-order chi connectivity index (χ0) is 18.9. The first-order chi connectivity index (χ1) is 13.1. The van der Waals surface area contributed by atoms with Crippen LogP contribution in [0, 0.1) is 11.8 Å². The Balaban J connectivity index is 1.78. The lowest BCUT2D eigenvalue weighted by Gasteiger charge is -2.63. The highest BCUT2D eigenvalue weighted by molar-refractivity contribution is 5.80. The van der Waals surface area contributed by atoms with Gasteiger partial charge in [0, 0.05) is 30.7 Å². The number of ether oxygens (including phenoxy) is 2. The number of hydrogen-bond acceptors (Lipinski definition) is 5. The van der Waals surface area contributed by atoms with Crippen LogP contribution in [0.25, 0.3) is 0 Å². The first-order valence-electron chi connectivity index (χ1n) is 9.95. The minimum atomic E-state index is -0.204. The molecule has 1 saturated carbocycles. The first-order valence-corrected chi connectivity index (χ1v) is 9.95. The lowest BCUT2D eigenvalue weighted by Crippen LogP contribution is -2.72. The van der Waals surface area contributed by atoms with E-state index in [4.69, 9.17) is 9.47 Å². The number of likely N-dealkylation sites (N-methyl/N-ethyl adjacent to an activating group) is 1. The zero-order valence-corrected chi connectivity index (χ0v) is 16.6. The Morgan fingerprint density at radius 1 is 1.33 bits per heavy atom. The maximum Gasteiger partial charge on any atom is 0.310 e. The van der Waals surface area contributed by atoms with Gasteiger partial charge in [0.15, 0.2) is 0 Å². The number of anilines is 1. The van der Waals surface area contributed by atoms with Gasteiger partial charge in [0.05, 0.1) is 26.2 Å². The highest BCUT2D eigenvalue weighted by Crippen LogP contribution is 2.63. The Kier molecular flexibility index (Phi) is 3.64. The number of carbonyl (C=O) groups excluding carboxylic acids is 1. The number of methoxy groups -OCH3 is 2. The van der Waals surface area contributed by atoms with Gasteiger partial charge in [0.2, 0.25) is 0 Å². The van der Waals surface area contributed by atoms with Crippen LogP contribution in [0.2, 0.25) is 0 Å². The van der Waals surface area contributed by atoms with E-state index in [1.807, 2.05) is 6.07 Å². The molecule has 3 bridgehead atoms. The van der Waals surface area contributed by atoms with Crippen molar-refractivity contribution in [3.05, 3.63) is 35.4 Å². The summed E-state index contributed by atoms with van der Waals surface area (Å²) in [7, 11) is 5.45. The van der Waals surface area contributed by atoms with Gasteiger partial charge in [-0.2, -0.15) is 0 Å². The highest BCUT2D eigenvalue weighted by Gasteiger charge is 2.68. The molecule has 1 aliphatic carbocycles. The van der Waals surface area contributed by atoms with Crippen LogP contribution in [0.4, 0.5) is 5.69 Å². The molecule has 1 aromatic carbocycles. The van der Waals surface area contributed by atoms with Crippen LogP contribution in [-0.2, 0) is 14.9 Å². The maximum atomic E-state index is 13.2. The Morgan fingerprint density at radius 2 is 2.15 bits per heavy atom. The average Bonchev–Trinajstić information content (AvgIpc) is 2.96. The molecule has 3 heterocycles. The lowest BCUT2D eigenvalue weighted by atomic mass is 9.50. The Hall–Kier alpha value is -2.01. The number of fused-ring (bicyclic) bond motifs is 2. The topological polar surface area (TPSA) is 42.0 Å². The van der Waals surface area contributed by atoms with Gasteiger partial charge in [0.1, 0.15) is 5.75 Å². The summed E-state index contributed by atoms with van der Waals surface area (Å²) in [6.07, 6.45) is 4.27. The largest absolute Gasteiger partial charge is 0.497 e. The summed E-state index contributed by atoms with van der Waals surface area (Å²) in [6, 6.07) is 7.17. The molecule has 2 saturated heterocycles. The molecule has 0 N–H and O–H groups in total. The molecule has 5 rings (SSSR count). The minimum Gasteiger partial charge on any atom is -0.497 e. The van der Waals surface area contributed by atoms with Gasteiger partial charge in [-0.25, -0.2) is 0 Å². The number of benzene rings is 1. The second kappa shape index (κ2) is 5.74. The molecule has 1 aromatic rings. The van der Waals surface area contributed by atoms with Gasteiger partial charge in [-0.05, 0) is 56.0 Å². The zero-order valence-electron chi connectivity index (χ0n) is 16.6.